The van der Waals surface area contributed by atoms with Gasteiger partial charge in [0.2, 0.25) is 0 Å². The van der Waals surface area contributed by atoms with Crippen molar-refractivity contribution in [2.45, 2.75) is 26.4 Å². The first-order valence-corrected chi connectivity index (χ1v) is 4.84. The van der Waals surface area contributed by atoms with Gasteiger partial charge in [0.15, 0.2) is 5.76 Å². The van der Waals surface area contributed by atoms with E-state index in [-0.39, 0.29) is 5.76 Å². The molecule has 0 aliphatic heterocycles. The van der Waals surface area contributed by atoms with Gasteiger partial charge in [-0.2, -0.15) is 0 Å². The molecule has 0 aliphatic rings. The summed E-state index contributed by atoms with van der Waals surface area (Å²) in [5.74, 6) is 5.58. The Kier molecular flexibility index (Phi) is 3.88. The Labute approximate surface area is 89.2 Å². The van der Waals surface area contributed by atoms with Crippen molar-refractivity contribution in [3.05, 3.63) is 23.7 Å². The van der Waals surface area contributed by atoms with Crippen LogP contribution in [-0.4, -0.2) is 23.9 Å². The van der Waals surface area contributed by atoms with Crippen molar-refractivity contribution < 1.29 is 9.21 Å². The second kappa shape index (κ2) is 4.95. The van der Waals surface area contributed by atoms with Crippen LogP contribution in [-0.2, 0) is 6.54 Å². The number of amides is 1. The Hall–Kier alpha value is -1.33. The number of carbonyl (C=O) groups is 1. The Morgan fingerprint density at radius 1 is 1.60 bits per heavy atom. The van der Waals surface area contributed by atoms with Crippen LogP contribution in [0.25, 0.3) is 0 Å². The number of hydrazine groups is 1. The maximum atomic E-state index is 11.1. The summed E-state index contributed by atoms with van der Waals surface area (Å²) >= 11 is 0. The van der Waals surface area contributed by atoms with E-state index in [1.54, 1.807) is 12.1 Å². The Morgan fingerprint density at radius 3 is 2.80 bits per heavy atom. The van der Waals surface area contributed by atoms with Gasteiger partial charge < -0.3 is 4.42 Å². The summed E-state index contributed by atoms with van der Waals surface area (Å²) in [6.45, 7) is 4.86. The fourth-order valence-corrected chi connectivity index (χ4v) is 1.08. The van der Waals surface area contributed by atoms with Gasteiger partial charge in [0.05, 0.1) is 6.54 Å². The van der Waals surface area contributed by atoms with Gasteiger partial charge in [0.25, 0.3) is 0 Å². The normalized spacial score (nSPS) is 11.1. The maximum absolute atomic E-state index is 11.1. The molecule has 0 saturated heterocycles. The van der Waals surface area contributed by atoms with Crippen molar-refractivity contribution in [3.8, 4) is 0 Å². The molecule has 1 heterocycles. The quantitative estimate of drug-likeness (QED) is 0.437. The van der Waals surface area contributed by atoms with Crippen molar-refractivity contribution in [2.24, 2.45) is 5.84 Å². The number of hydrogen-bond acceptors (Lipinski definition) is 4. The van der Waals surface area contributed by atoms with Gasteiger partial charge >= 0.3 is 5.91 Å². The van der Waals surface area contributed by atoms with E-state index in [0.29, 0.717) is 12.6 Å². The second-order valence-corrected chi connectivity index (χ2v) is 3.75. The molecule has 0 aromatic carbocycles. The van der Waals surface area contributed by atoms with E-state index < -0.39 is 5.91 Å². The van der Waals surface area contributed by atoms with E-state index in [1.807, 2.05) is 12.5 Å². The molecule has 0 spiro atoms. The van der Waals surface area contributed by atoms with Crippen molar-refractivity contribution in [1.82, 2.24) is 10.3 Å². The first-order chi connectivity index (χ1) is 7.04. The van der Waals surface area contributed by atoms with Crippen molar-refractivity contribution >= 4 is 5.91 Å². The summed E-state index contributed by atoms with van der Waals surface area (Å²) in [6.07, 6.45) is 0. The van der Waals surface area contributed by atoms with Crippen LogP contribution < -0.4 is 11.3 Å². The molecule has 0 radical (unpaired) electrons. The minimum Gasteiger partial charge on any atom is -0.455 e. The highest BCUT2D eigenvalue weighted by Gasteiger charge is 2.11. The molecule has 5 nitrogen and oxygen atoms in total. The number of rotatable bonds is 4. The predicted molar refractivity (Wildman–Crippen MR) is 57.0 cm³/mol. The molecule has 5 heteroatoms. The molecule has 0 atom stereocenters. The number of nitrogens with two attached hydrogens (primary N) is 1. The summed E-state index contributed by atoms with van der Waals surface area (Å²) < 4.78 is 5.32. The molecule has 1 aromatic rings. The van der Waals surface area contributed by atoms with Gasteiger partial charge in [-0.1, -0.05) is 0 Å². The van der Waals surface area contributed by atoms with Gasteiger partial charge in [-0.3, -0.25) is 15.1 Å². The summed E-state index contributed by atoms with van der Waals surface area (Å²) in [5.41, 5.74) is 2.02. The number of nitrogens with zero attached hydrogens (tertiary/aromatic N) is 1. The minimum atomic E-state index is -0.409. The lowest BCUT2D eigenvalue weighted by Crippen LogP contribution is -2.29. The monoisotopic (exact) mass is 211 g/mol. The maximum Gasteiger partial charge on any atom is 0.300 e. The van der Waals surface area contributed by atoms with Crippen LogP contribution in [0.15, 0.2) is 16.5 Å². The Morgan fingerprint density at radius 2 is 2.27 bits per heavy atom. The average molecular weight is 211 g/mol. The van der Waals surface area contributed by atoms with Gasteiger partial charge in [0, 0.05) is 6.04 Å². The molecular formula is C10H17N3O2. The highest BCUT2D eigenvalue weighted by molar-refractivity contribution is 5.90. The fourth-order valence-electron chi connectivity index (χ4n) is 1.08. The zero-order valence-electron chi connectivity index (χ0n) is 9.28. The van der Waals surface area contributed by atoms with E-state index in [0.717, 1.165) is 5.76 Å². The molecule has 1 rings (SSSR count). The SMILES string of the molecule is CC(C)N(C)Cc1ccc(C(=O)NN)o1. The zero-order valence-corrected chi connectivity index (χ0v) is 9.28. The van der Waals surface area contributed by atoms with E-state index >= 15 is 0 Å². The van der Waals surface area contributed by atoms with Gasteiger partial charge in [-0.05, 0) is 33.0 Å². The first kappa shape index (κ1) is 11.7. The topological polar surface area (TPSA) is 71.5 Å². The van der Waals surface area contributed by atoms with Crippen LogP contribution in [0.3, 0.4) is 0 Å². The molecule has 0 saturated carbocycles. The van der Waals surface area contributed by atoms with E-state index in [4.69, 9.17) is 10.3 Å². The third-order valence-corrected chi connectivity index (χ3v) is 2.30. The summed E-state index contributed by atoms with van der Waals surface area (Å²) in [6, 6.07) is 3.83. The summed E-state index contributed by atoms with van der Waals surface area (Å²) in [7, 11) is 2.00. The fraction of sp³-hybridized carbons (Fsp3) is 0.500. The lowest BCUT2D eigenvalue weighted by molar-refractivity contribution is 0.0922. The number of carbonyl (C=O) groups excluding carboxylic acids is 1. The first-order valence-electron chi connectivity index (χ1n) is 4.84. The number of nitrogens with one attached hydrogen (secondary N) is 1. The molecular weight excluding hydrogens is 194 g/mol. The smallest absolute Gasteiger partial charge is 0.300 e. The van der Waals surface area contributed by atoms with Crippen LogP contribution in [0.1, 0.15) is 30.2 Å². The van der Waals surface area contributed by atoms with Crippen LogP contribution in [0, 0.1) is 0 Å². The van der Waals surface area contributed by atoms with Gasteiger partial charge in [-0.15, -0.1) is 0 Å². The van der Waals surface area contributed by atoms with Crippen LogP contribution in [0.4, 0.5) is 0 Å². The van der Waals surface area contributed by atoms with Crippen molar-refractivity contribution in [1.29, 1.82) is 0 Å². The lowest BCUT2D eigenvalue weighted by atomic mass is 10.3. The molecule has 1 aromatic heterocycles. The molecule has 0 aliphatic carbocycles. The Bertz CT molecular complexity index is 333. The molecule has 84 valence electrons. The summed E-state index contributed by atoms with van der Waals surface area (Å²) in [4.78, 5) is 13.2. The van der Waals surface area contributed by atoms with Gasteiger partial charge in [-0.25, -0.2) is 5.84 Å². The number of hydrogen-bond donors (Lipinski definition) is 2. The van der Waals surface area contributed by atoms with E-state index in [9.17, 15) is 4.79 Å². The van der Waals surface area contributed by atoms with Crippen LogP contribution >= 0.6 is 0 Å². The minimum absolute atomic E-state index is 0.240. The van der Waals surface area contributed by atoms with Crippen LogP contribution in [0.2, 0.25) is 0 Å². The lowest BCUT2D eigenvalue weighted by Gasteiger charge is -2.19. The van der Waals surface area contributed by atoms with E-state index in [2.05, 4.69) is 18.7 Å². The average Bonchev–Trinajstić information content (AvgIpc) is 2.65. The summed E-state index contributed by atoms with van der Waals surface area (Å²) in [5, 5.41) is 0. The highest BCUT2D eigenvalue weighted by atomic mass is 16.4. The number of furan rings is 1. The molecule has 0 bridgehead atoms. The third-order valence-electron chi connectivity index (χ3n) is 2.30. The largest absolute Gasteiger partial charge is 0.455 e. The van der Waals surface area contributed by atoms with Gasteiger partial charge in [0.1, 0.15) is 5.76 Å². The highest BCUT2D eigenvalue weighted by Crippen LogP contribution is 2.10. The van der Waals surface area contributed by atoms with E-state index in [1.165, 1.54) is 0 Å². The standard InChI is InChI=1S/C10H17N3O2/c1-7(2)13(3)6-8-4-5-9(15-8)10(14)12-11/h4-5,7H,6,11H2,1-3H3,(H,12,14). The van der Waals surface area contributed by atoms with Crippen molar-refractivity contribution in [3.63, 3.8) is 0 Å². The third kappa shape index (κ3) is 3.07. The number of nitrogen functional groups attached to an aromatic ring is 1. The zero-order chi connectivity index (χ0) is 11.4. The molecule has 0 fully saturated rings. The molecule has 0 unspecified atom stereocenters. The molecule has 15 heavy (non-hydrogen) atoms. The second-order valence-electron chi connectivity index (χ2n) is 3.75. The van der Waals surface area contributed by atoms with Crippen LogP contribution in [0.5, 0.6) is 0 Å². The Balaban J connectivity index is 2.64. The van der Waals surface area contributed by atoms with Crippen molar-refractivity contribution in [2.75, 3.05) is 7.05 Å². The predicted octanol–water partition coefficient (Wildman–Crippen LogP) is 0.723. The molecule has 1 amide bonds. The molecule has 3 N–H and O–H groups in total.